The molecule has 0 saturated carbocycles. The fourth-order valence-electron chi connectivity index (χ4n) is 2.10. The van der Waals surface area contributed by atoms with Crippen LogP contribution < -0.4 is 4.90 Å². The van der Waals surface area contributed by atoms with Crippen molar-refractivity contribution in [2.75, 3.05) is 32.1 Å². The molecule has 0 fully saturated rings. The van der Waals surface area contributed by atoms with Crippen molar-refractivity contribution >= 4 is 28.9 Å². The van der Waals surface area contributed by atoms with Gasteiger partial charge in [0.05, 0.1) is 17.6 Å². The van der Waals surface area contributed by atoms with E-state index in [9.17, 15) is 9.59 Å². The highest BCUT2D eigenvalue weighted by Crippen LogP contribution is 2.22. The lowest BCUT2D eigenvalue weighted by Gasteiger charge is -2.24. The highest BCUT2D eigenvalue weighted by atomic mass is 16.2. The number of amides is 1. The minimum atomic E-state index is -0.0244. The molecule has 5 heteroatoms. The van der Waals surface area contributed by atoms with Crippen LogP contribution in [0.1, 0.15) is 17.3 Å². The normalized spacial score (nSPS) is 10.4. The number of pyridine rings is 1. The quantitative estimate of drug-likeness (QED) is 0.788. The van der Waals surface area contributed by atoms with Gasteiger partial charge in [0, 0.05) is 26.0 Å². The summed E-state index contributed by atoms with van der Waals surface area (Å²) in [6.07, 6.45) is 0.789. The molecule has 0 saturated heterocycles. The number of aromatic nitrogens is 1. The number of aldehydes is 1. The van der Waals surface area contributed by atoms with Crippen LogP contribution in [0.15, 0.2) is 30.3 Å². The van der Waals surface area contributed by atoms with Crippen molar-refractivity contribution in [3.63, 3.8) is 0 Å². The Morgan fingerprint density at radius 1 is 1.29 bits per heavy atom. The molecule has 21 heavy (non-hydrogen) atoms. The SMILES string of the molecule is CCN(CC(=O)N(C)C)c1nc2ccccc2cc1C=O. The fourth-order valence-corrected chi connectivity index (χ4v) is 2.10. The molecule has 0 N–H and O–H groups in total. The Labute approximate surface area is 124 Å². The van der Waals surface area contributed by atoms with Gasteiger partial charge in [0.1, 0.15) is 5.82 Å². The van der Waals surface area contributed by atoms with E-state index >= 15 is 0 Å². The van der Waals surface area contributed by atoms with Gasteiger partial charge in [-0.05, 0) is 19.1 Å². The van der Waals surface area contributed by atoms with Gasteiger partial charge in [-0.25, -0.2) is 4.98 Å². The number of carbonyl (C=O) groups is 2. The molecule has 0 bridgehead atoms. The van der Waals surface area contributed by atoms with Crippen LogP contribution in [-0.4, -0.2) is 49.3 Å². The van der Waals surface area contributed by atoms with Gasteiger partial charge in [0.25, 0.3) is 0 Å². The van der Waals surface area contributed by atoms with E-state index in [0.717, 1.165) is 17.2 Å². The summed E-state index contributed by atoms with van der Waals surface area (Å²) >= 11 is 0. The van der Waals surface area contributed by atoms with Crippen molar-refractivity contribution in [2.45, 2.75) is 6.92 Å². The second-order valence-electron chi connectivity index (χ2n) is 5.01. The van der Waals surface area contributed by atoms with Crippen molar-refractivity contribution in [2.24, 2.45) is 0 Å². The zero-order chi connectivity index (χ0) is 15.4. The monoisotopic (exact) mass is 285 g/mol. The summed E-state index contributed by atoms with van der Waals surface area (Å²) in [4.78, 5) is 31.2. The summed E-state index contributed by atoms with van der Waals surface area (Å²) in [6.45, 7) is 2.75. The van der Waals surface area contributed by atoms with E-state index in [1.807, 2.05) is 42.2 Å². The van der Waals surface area contributed by atoms with Gasteiger partial charge in [-0.15, -0.1) is 0 Å². The Kier molecular flexibility index (Phi) is 4.52. The molecule has 0 radical (unpaired) electrons. The summed E-state index contributed by atoms with van der Waals surface area (Å²) in [5.41, 5.74) is 1.32. The molecule has 1 heterocycles. The van der Waals surface area contributed by atoms with E-state index in [4.69, 9.17) is 0 Å². The van der Waals surface area contributed by atoms with Crippen LogP contribution in [0.4, 0.5) is 5.82 Å². The Bertz CT molecular complexity index is 668. The Morgan fingerprint density at radius 2 is 2.00 bits per heavy atom. The molecule has 2 aromatic rings. The zero-order valence-corrected chi connectivity index (χ0v) is 12.5. The maximum absolute atomic E-state index is 11.9. The van der Waals surface area contributed by atoms with Gasteiger partial charge in [-0.1, -0.05) is 18.2 Å². The number of benzene rings is 1. The summed E-state index contributed by atoms with van der Waals surface area (Å²) in [7, 11) is 3.43. The van der Waals surface area contributed by atoms with Gasteiger partial charge in [0.15, 0.2) is 6.29 Å². The van der Waals surface area contributed by atoms with Gasteiger partial charge in [0.2, 0.25) is 5.91 Å². The second-order valence-corrected chi connectivity index (χ2v) is 5.01. The molecule has 1 aromatic carbocycles. The van der Waals surface area contributed by atoms with Crippen molar-refractivity contribution in [1.29, 1.82) is 0 Å². The lowest BCUT2D eigenvalue weighted by molar-refractivity contribution is -0.127. The number of hydrogen-bond donors (Lipinski definition) is 0. The molecule has 5 nitrogen and oxygen atoms in total. The standard InChI is InChI=1S/C16H19N3O2/c1-4-19(10-15(21)18(2)3)16-13(11-20)9-12-7-5-6-8-14(12)17-16/h5-9,11H,4,10H2,1-3H3. The van der Waals surface area contributed by atoms with E-state index in [0.29, 0.717) is 17.9 Å². The number of rotatable bonds is 5. The summed E-state index contributed by atoms with van der Waals surface area (Å²) < 4.78 is 0. The highest BCUT2D eigenvalue weighted by Gasteiger charge is 2.16. The first-order valence-electron chi connectivity index (χ1n) is 6.87. The molecule has 0 spiro atoms. The summed E-state index contributed by atoms with van der Waals surface area (Å²) in [6, 6.07) is 9.44. The molecular weight excluding hydrogens is 266 g/mol. The summed E-state index contributed by atoms with van der Waals surface area (Å²) in [5.74, 6) is 0.532. The lowest BCUT2D eigenvalue weighted by atomic mass is 10.1. The lowest BCUT2D eigenvalue weighted by Crippen LogP contribution is -2.37. The second kappa shape index (κ2) is 6.35. The molecule has 2 rings (SSSR count). The van der Waals surface area contributed by atoms with Crippen molar-refractivity contribution < 1.29 is 9.59 Å². The molecule has 1 amide bonds. The van der Waals surface area contributed by atoms with Gasteiger partial charge in [-0.3, -0.25) is 9.59 Å². The van der Waals surface area contributed by atoms with Crippen molar-refractivity contribution in [3.8, 4) is 0 Å². The third kappa shape index (κ3) is 3.18. The van der Waals surface area contributed by atoms with E-state index in [1.54, 1.807) is 14.1 Å². The van der Waals surface area contributed by atoms with Gasteiger partial charge < -0.3 is 9.80 Å². The van der Waals surface area contributed by atoms with Crippen LogP contribution >= 0.6 is 0 Å². The highest BCUT2D eigenvalue weighted by molar-refractivity contribution is 5.93. The number of likely N-dealkylation sites (N-methyl/N-ethyl adjacent to an activating group) is 2. The Balaban J connectivity index is 2.46. The fraction of sp³-hybridized carbons (Fsp3) is 0.312. The smallest absolute Gasteiger partial charge is 0.241 e. The number of nitrogens with zero attached hydrogens (tertiary/aromatic N) is 3. The topological polar surface area (TPSA) is 53.5 Å². The van der Waals surface area contributed by atoms with E-state index in [1.165, 1.54) is 4.90 Å². The van der Waals surface area contributed by atoms with Crippen LogP contribution in [-0.2, 0) is 4.79 Å². The maximum Gasteiger partial charge on any atom is 0.241 e. The van der Waals surface area contributed by atoms with Crippen molar-refractivity contribution in [3.05, 3.63) is 35.9 Å². The molecule has 110 valence electrons. The molecule has 0 aliphatic rings. The first-order chi connectivity index (χ1) is 10.1. The summed E-state index contributed by atoms with van der Waals surface area (Å²) in [5, 5.41) is 0.915. The van der Waals surface area contributed by atoms with Crippen LogP contribution in [0.25, 0.3) is 10.9 Å². The van der Waals surface area contributed by atoms with Gasteiger partial charge >= 0.3 is 0 Å². The number of carbonyl (C=O) groups excluding carboxylic acids is 2. The molecule has 0 aliphatic carbocycles. The minimum Gasteiger partial charge on any atom is -0.347 e. The molecule has 1 aromatic heterocycles. The zero-order valence-electron chi connectivity index (χ0n) is 12.5. The first kappa shape index (κ1) is 15.0. The Morgan fingerprint density at radius 3 is 2.62 bits per heavy atom. The predicted octanol–water partition coefficient (Wildman–Crippen LogP) is 1.96. The molecule has 0 unspecified atom stereocenters. The number of fused-ring (bicyclic) bond motifs is 1. The van der Waals surface area contributed by atoms with Crippen molar-refractivity contribution in [1.82, 2.24) is 9.88 Å². The van der Waals surface area contributed by atoms with Crippen LogP contribution in [0.3, 0.4) is 0 Å². The molecular formula is C16H19N3O2. The third-order valence-electron chi connectivity index (χ3n) is 3.37. The van der Waals surface area contributed by atoms with E-state index in [2.05, 4.69) is 4.98 Å². The molecule has 0 aliphatic heterocycles. The largest absolute Gasteiger partial charge is 0.347 e. The molecule has 0 atom stereocenters. The Hall–Kier alpha value is -2.43. The van der Waals surface area contributed by atoms with E-state index in [-0.39, 0.29) is 12.5 Å². The number of anilines is 1. The average Bonchev–Trinajstić information content (AvgIpc) is 2.50. The predicted molar refractivity (Wildman–Crippen MR) is 83.7 cm³/mol. The number of para-hydroxylation sites is 1. The average molecular weight is 285 g/mol. The number of hydrogen-bond acceptors (Lipinski definition) is 4. The third-order valence-corrected chi connectivity index (χ3v) is 3.37. The van der Waals surface area contributed by atoms with Crippen LogP contribution in [0, 0.1) is 0 Å². The van der Waals surface area contributed by atoms with Crippen LogP contribution in [0.5, 0.6) is 0 Å². The van der Waals surface area contributed by atoms with Crippen LogP contribution in [0.2, 0.25) is 0 Å². The van der Waals surface area contributed by atoms with Gasteiger partial charge in [-0.2, -0.15) is 0 Å². The van der Waals surface area contributed by atoms with E-state index < -0.39 is 0 Å². The first-order valence-corrected chi connectivity index (χ1v) is 6.87. The minimum absolute atomic E-state index is 0.0244. The maximum atomic E-state index is 11.9.